The van der Waals surface area contributed by atoms with Crippen molar-refractivity contribution in [1.29, 1.82) is 0 Å². The zero-order chi connectivity index (χ0) is 26.3. The van der Waals surface area contributed by atoms with Crippen LogP contribution < -0.4 is 0 Å². The summed E-state index contributed by atoms with van der Waals surface area (Å²) in [6.45, 7) is 0.615. The van der Waals surface area contributed by atoms with Gasteiger partial charge in [-0.15, -0.1) is 0 Å². The van der Waals surface area contributed by atoms with Gasteiger partial charge in [0.15, 0.2) is 15.9 Å². The molecular formula is C22H23F6NO5S. The zero-order valence-corrected chi connectivity index (χ0v) is 19.8. The minimum Gasteiger partial charge on any atom is -0.495 e. The van der Waals surface area contributed by atoms with Gasteiger partial charge in [-0.1, -0.05) is 12.1 Å². The van der Waals surface area contributed by atoms with E-state index >= 15 is 0 Å². The molecule has 1 amide bonds. The summed E-state index contributed by atoms with van der Waals surface area (Å²) in [5.74, 6) is -3.01. The Morgan fingerprint density at radius 3 is 2.29 bits per heavy atom. The molecule has 0 unspecified atom stereocenters. The summed E-state index contributed by atoms with van der Waals surface area (Å²) in [5.41, 5.74) is -0.825. The SMILES string of the molecule is COC1=C(S(C)(=O)=O)CCC(O[C@@H](C)C(F)(F)F)=C1C(=O)N1CC(c2ccc(C(F)F)cc2F)C1. The van der Waals surface area contributed by atoms with Crippen LogP contribution in [0.1, 0.15) is 43.2 Å². The molecule has 6 nitrogen and oxygen atoms in total. The van der Waals surface area contributed by atoms with Crippen molar-refractivity contribution in [1.82, 2.24) is 4.90 Å². The minimum absolute atomic E-state index is 0.0689. The maximum Gasteiger partial charge on any atom is 0.425 e. The van der Waals surface area contributed by atoms with Crippen LogP contribution in [0.25, 0.3) is 0 Å². The fourth-order valence-electron chi connectivity index (χ4n) is 3.93. The Labute approximate surface area is 198 Å². The number of nitrogens with zero attached hydrogens (tertiary/aromatic N) is 1. The molecule has 1 saturated heterocycles. The molecule has 1 aromatic carbocycles. The molecule has 0 N–H and O–H groups in total. The van der Waals surface area contributed by atoms with Crippen molar-refractivity contribution in [3.63, 3.8) is 0 Å². The first-order valence-corrected chi connectivity index (χ1v) is 12.3. The van der Waals surface area contributed by atoms with Crippen LogP contribution in [0.5, 0.6) is 0 Å². The van der Waals surface area contributed by atoms with Crippen molar-refractivity contribution in [3.8, 4) is 0 Å². The van der Waals surface area contributed by atoms with Gasteiger partial charge in [0.1, 0.15) is 22.9 Å². The van der Waals surface area contributed by atoms with Crippen LogP contribution in [0, 0.1) is 5.82 Å². The van der Waals surface area contributed by atoms with Crippen molar-refractivity contribution in [2.24, 2.45) is 0 Å². The van der Waals surface area contributed by atoms with Gasteiger partial charge in [0.25, 0.3) is 12.3 Å². The Hall–Kier alpha value is -2.70. The summed E-state index contributed by atoms with van der Waals surface area (Å²) in [5, 5.41) is 0. The number of amides is 1. The first kappa shape index (κ1) is 26.9. The number of hydrogen-bond acceptors (Lipinski definition) is 5. The number of methoxy groups -OCH3 is 1. The van der Waals surface area contributed by atoms with Crippen LogP contribution in [-0.2, 0) is 24.1 Å². The summed E-state index contributed by atoms with van der Waals surface area (Å²) < 4.78 is 114. The number of halogens is 6. The molecule has 0 saturated carbocycles. The molecule has 194 valence electrons. The van der Waals surface area contributed by atoms with Crippen LogP contribution in [0.4, 0.5) is 26.3 Å². The molecule has 0 bridgehead atoms. The Bertz CT molecular complexity index is 1170. The van der Waals surface area contributed by atoms with Crippen LogP contribution in [0.15, 0.2) is 40.2 Å². The van der Waals surface area contributed by atoms with E-state index in [1.807, 2.05) is 0 Å². The van der Waals surface area contributed by atoms with Crippen LogP contribution in [0.3, 0.4) is 0 Å². The highest BCUT2D eigenvalue weighted by atomic mass is 32.2. The van der Waals surface area contributed by atoms with Crippen LogP contribution >= 0.6 is 0 Å². The number of likely N-dealkylation sites (tertiary alicyclic amines) is 1. The number of carbonyl (C=O) groups excluding carboxylic acids is 1. The molecule has 3 rings (SSSR count). The minimum atomic E-state index is -4.74. The van der Waals surface area contributed by atoms with Gasteiger partial charge in [0.05, 0.1) is 12.0 Å². The zero-order valence-electron chi connectivity index (χ0n) is 19.0. The van der Waals surface area contributed by atoms with Gasteiger partial charge in [-0.05, 0) is 25.0 Å². The second-order valence-corrected chi connectivity index (χ2v) is 10.4. The molecule has 1 aliphatic carbocycles. The molecule has 1 aromatic rings. The number of carbonyl (C=O) groups is 1. The highest BCUT2D eigenvalue weighted by Crippen LogP contribution is 2.39. The lowest BCUT2D eigenvalue weighted by atomic mass is 9.89. The van der Waals surface area contributed by atoms with Crippen molar-refractivity contribution in [2.45, 2.75) is 44.4 Å². The number of hydrogen-bond donors (Lipinski definition) is 0. The van der Waals surface area contributed by atoms with Gasteiger partial charge in [-0.25, -0.2) is 21.6 Å². The molecule has 35 heavy (non-hydrogen) atoms. The Morgan fingerprint density at radius 1 is 1.17 bits per heavy atom. The Balaban J connectivity index is 1.92. The summed E-state index contributed by atoms with van der Waals surface area (Å²) >= 11 is 0. The van der Waals surface area contributed by atoms with E-state index in [-0.39, 0.29) is 42.2 Å². The van der Waals surface area contributed by atoms with E-state index in [9.17, 15) is 39.6 Å². The van der Waals surface area contributed by atoms with Crippen molar-refractivity contribution in [2.75, 3.05) is 26.5 Å². The lowest BCUT2D eigenvalue weighted by Gasteiger charge is -2.41. The highest BCUT2D eigenvalue weighted by molar-refractivity contribution is 7.94. The van der Waals surface area contributed by atoms with Gasteiger partial charge in [0, 0.05) is 37.2 Å². The molecule has 1 fully saturated rings. The third-order valence-corrected chi connectivity index (χ3v) is 7.15. The van der Waals surface area contributed by atoms with E-state index in [1.165, 1.54) is 11.0 Å². The number of benzene rings is 1. The monoisotopic (exact) mass is 527 g/mol. The normalized spacial score (nSPS) is 18.6. The van der Waals surface area contributed by atoms with E-state index in [0.29, 0.717) is 6.07 Å². The average molecular weight is 527 g/mol. The van der Waals surface area contributed by atoms with E-state index in [1.54, 1.807) is 0 Å². The molecule has 2 aliphatic rings. The van der Waals surface area contributed by atoms with E-state index in [2.05, 4.69) is 0 Å². The topological polar surface area (TPSA) is 72.9 Å². The van der Waals surface area contributed by atoms with E-state index in [0.717, 1.165) is 26.4 Å². The maximum atomic E-state index is 14.3. The largest absolute Gasteiger partial charge is 0.495 e. The maximum absolute atomic E-state index is 14.3. The molecule has 0 aromatic heterocycles. The van der Waals surface area contributed by atoms with Gasteiger partial charge in [0.2, 0.25) is 0 Å². The van der Waals surface area contributed by atoms with Crippen molar-refractivity contribution in [3.05, 3.63) is 57.1 Å². The number of sulfone groups is 1. The summed E-state index contributed by atoms with van der Waals surface area (Å²) in [4.78, 5) is 14.2. The molecule has 1 aliphatic heterocycles. The van der Waals surface area contributed by atoms with Gasteiger partial charge in [-0.3, -0.25) is 4.79 Å². The quantitative estimate of drug-likeness (QED) is 0.485. The fraction of sp³-hybridized carbons (Fsp3) is 0.500. The van der Waals surface area contributed by atoms with Crippen LogP contribution in [0.2, 0.25) is 0 Å². The van der Waals surface area contributed by atoms with Crippen molar-refractivity contribution >= 4 is 15.7 Å². The second-order valence-electron chi connectivity index (χ2n) is 8.32. The van der Waals surface area contributed by atoms with Gasteiger partial charge >= 0.3 is 6.18 Å². The molecular weight excluding hydrogens is 504 g/mol. The highest BCUT2D eigenvalue weighted by Gasteiger charge is 2.43. The van der Waals surface area contributed by atoms with E-state index < -0.39 is 63.1 Å². The van der Waals surface area contributed by atoms with Crippen LogP contribution in [-0.4, -0.2) is 58.0 Å². The summed E-state index contributed by atoms with van der Waals surface area (Å²) in [6.07, 6.45) is -9.47. The Kier molecular flexibility index (Phi) is 7.49. The second kappa shape index (κ2) is 9.75. The number of allylic oxidation sites excluding steroid dienone is 2. The number of alkyl halides is 5. The third kappa shape index (κ3) is 5.60. The Morgan fingerprint density at radius 2 is 1.80 bits per heavy atom. The third-order valence-electron chi connectivity index (χ3n) is 5.87. The standard InChI is InChI=1S/C22H23F6NO5S/c1-11(22(26,27)28)34-16-6-7-17(35(3,31)32)19(33-2)18(16)21(30)29-9-13(10-29)14-5-4-12(20(24)25)8-15(14)23/h4-5,8,11,13,20H,6-7,9-10H2,1-3H3/t11-/m0/s1. The summed E-state index contributed by atoms with van der Waals surface area (Å²) in [7, 11) is -2.77. The van der Waals surface area contributed by atoms with Crippen molar-refractivity contribution < 1.29 is 49.0 Å². The molecule has 0 radical (unpaired) electrons. The van der Waals surface area contributed by atoms with E-state index in [4.69, 9.17) is 9.47 Å². The lowest BCUT2D eigenvalue weighted by molar-refractivity contribution is -0.204. The lowest BCUT2D eigenvalue weighted by Crippen LogP contribution is -2.50. The van der Waals surface area contributed by atoms with Gasteiger partial charge in [-0.2, -0.15) is 13.2 Å². The first-order chi connectivity index (χ1) is 16.1. The fourth-order valence-corrected chi connectivity index (χ4v) is 4.92. The van der Waals surface area contributed by atoms with Gasteiger partial charge < -0.3 is 14.4 Å². The molecule has 13 heteroatoms. The summed E-state index contributed by atoms with van der Waals surface area (Å²) in [6, 6.07) is 2.99. The number of ether oxygens (including phenoxy) is 2. The number of rotatable bonds is 7. The molecule has 0 spiro atoms. The average Bonchev–Trinajstić information content (AvgIpc) is 2.71. The smallest absolute Gasteiger partial charge is 0.425 e. The molecule has 1 atom stereocenters. The molecule has 1 heterocycles. The first-order valence-electron chi connectivity index (χ1n) is 10.5. The predicted octanol–water partition coefficient (Wildman–Crippen LogP) is 4.61. The predicted molar refractivity (Wildman–Crippen MR) is 112 cm³/mol.